The number of carboxylic acid groups (broad SMARTS) is 4. The number of amides is 4. The van der Waals surface area contributed by atoms with Gasteiger partial charge in [0, 0.05) is 76.5 Å². The molecule has 10 N–H and O–H groups in total. The summed E-state index contributed by atoms with van der Waals surface area (Å²) in [6.45, 7) is 12.5. The molecule has 16 rings (SSSR count). The third kappa shape index (κ3) is 24.6. The lowest BCUT2D eigenvalue weighted by Gasteiger charge is -2.31. The van der Waals surface area contributed by atoms with Crippen LogP contribution in [0.1, 0.15) is 75.5 Å². The molecule has 4 aromatic heterocycles. The van der Waals surface area contributed by atoms with E-state index in [0.29, 0.717) is 49.2 Å². The molecule has 4 aromatic carbocycles. The summed E-state index contributed by atoms with van der Waals surface area (Å²) in [6.07, 6.45) is 7.59. The number of imidazole rings is 4. The topological polar surface area (TPSA) is 426 Å². The van der Waals surface area contributed by atoms with E-state index in [0.717, 1.165) is 198 Å². The summed E-state index contributed by atoms with van der Waals surface area (Å²) in [5.74, 6) is 24.1. The van der Waals surface area contributed by atoms with Crippen molar-refractivity contribution in [3.05, 3.63) is 139 Å². The molecular weight excluding hydrogens is 1590 g/mol. The molecule has 8 saturated heterocycles. The Morgan fingerprint density at radius 2 is 0.479 bits per heavy atom. The lowest BCUT2D eigenvalue weighted by Crippen LogP contribution is -2.37. The molecule has 0 aliphatic carbocycles. The van der Waals surface area contributed by atoms with Crippen LogP contribution in [0.25, 0.3) is 44.1 Å². The maximum absolute atomic E-state index is 12.3. The number of fused-ring (bicyclic) bond motifs is 4. The third-order valence-electron chi connectivity index (χ3n) is 20.6. The summed E-state index contributed by atoms with van der Waals surface area (Å²) < 4.78 is 7.65. The van der Waals surface area contributed by atoms with Crippen LogP contribution in [0, 0.1) is 47.4 Å². The zero-order valence-corrected chi connectivity index (χ0v) is 67.6. The molecule has 0 saturated carbocycles. The lowest BCUT2D eigenvalue weighted by atomic mass is 10.0. The van der Waals surface area contributed by atoms with Gasteiger partial charge in [0.05, 0.1) is 143 Å². The number of hydrogen-bond acceptors (Lipinski definition) is 20. The van der Waals surface area contributed by atoms with E-state index in [4.69, 9.17) is 39.6 Å². The highest BCUT2D eigenvalue weighted by molar-refractivity contribution is 8.01. The molecule has 8 aliphatic heterocycles. The Labute approximate surface area is 689 Å². The largest absolute Gasteiger partial charge is 0.473 e. The molecule has 0 spiro atoms. The highest BCUT2D eigenvalue weighted by atomic mass is 32.2. The van der Waals surface area contributed by atoms with Crippen molar-refractivity contribution in [2.75, 3.05) is 151 Å². The Bertz CT molecular complexity index is 4700. The predicted octanol–water partition coefficient (Wildman–Crippen LogP) is 3.50. The molecule has 0 unspecified atom stereocenters. The van der Waals surface area contributed by atoms with Crippen molar-refractivity contribution in [2.24, 2.45) is 0 Å². The van der Waals surface area contributed by atoms with Crippen LogP contribution in [-0.4, -0.2) is 302 Å². The van der Waals surface area contributed by atoms with Gasteiger partial charge in [-0.2, -0.15) is 0 Å². The van der Waals surface area contributed by atoms with Crippen LogP contribution >= 0.6 is 47.0 Å². The maximum atomic E-state index is 12.3. The number of hydrogen-bond donors (Lipinski definition) is 8. The highest BCUT2D eigenvalue weighted by Gasteiger charge is 2.29. The molecule has 0 radical (unpaired) electrons. The van der Waals surface area contributed by atoms with Crippen LogP contribution in [0.4, 0.5) is 0 Å². The number of carbonyl (C=O) groups excluding carboxylic acids is 4. The summed E-state index contributed by atoms with van der Waals surface area (Å²) in [4.78, 5) is 160. The maximum Gasteiger partial charge on any atom is 0.414 e. The van der Waals surface area contributed by atoms with Crippen molar-refractivity contribution in [3.8, 4) is 47.4 Å². The number of nitrogens with zero attached hydrogens (tertiary/aromatic N) is 12. The molecule has 0 bridgehead atoms. The van der Waals surface area contributed by atoms with Gasteiger partial charge in [-0.25, -0.2) is 38.4 Å². The zero-order chi connectivity index (χ0) is 82.0. The van der Waals surface area contributed by atoms with Gasteiger partial charge in [0.2, 0.25) is 23.6 Å². The summed E-state index contributed by atoms with van der Waals surface area (Å²) in [5, 5.41) is 29.6. The van der Waals surface area contributed by atoms with Crippen LogP contribution in [0.15, 0.2) is 116 Å². The minimum atomic E-state index is -1.82. The fraction of sp³-hybridized carbons (Fsp3) is 0.450. The number of benzene rings is 4. The van der Waals surface area contributed by atoms with Gasteiger partial charge in [0.1, 0.15) is 0 Å². The second-order valence-corrected chi connectivity index (χ2v) is 32.0. The van der Waals surface area contributed by atoms with E-state index in [2.05, 4.69) is 86.9 Å². The number of para-hydroxylation sites is 8. The van der Waals surface area contributed by atoms with E-state index in [9.17, 15) is 38.4 Å². The molecule has 12 heterocycles. The highest BCUT2D eigenvalue weighted by Crippen LogP contribution is 2.30. The first-order valence-electron chi connectivity index (χ1n) is 38.0. The smallest absolute Gasteiger partial charge is 0.414 e. The average Bonchev–Trinajstić information content (AvgIpc) is 1.67. The number of aromatic amines is 4. The number of carboxylic acids is 4. The summed E-state index contributed by atoms with van der Waals surface area (Å²) in [6, 6.07) is 32.4. The normalized spacial score (nSPS) is 17.7. The molecule has 8 aliphatic rings. The van der Waals surface area contributed by atoms with Crippen molar-refractivity contribution in [3.63, 3.8) is 0 Å². The molecule has 33 nitrogen and oxygen atoms in total. The van der Waals surface area contributed by atoms with Crippen LogP contribution in [0.5, 0.6) is 0 Å². The van der Waals surface area contributed by atoms with Crippen LogP contribution in [0.3, 0.4) is 0 Å². The number of carbonyl (C=O) groups is 8. The van der Waals surface area contributed by atoms with E-state index in [1.165, 1.54) is 0 Å². The van der Waals surface area contributed by atoms with Crippen LogP contribution < -0.4 is 22.8 Å². The quantitative estimate of drug-likeness (QED) is 0.0641. The van der Waals surface area contributed by atoms with Gasteiger partial charge in [-0.15, -0.1) is 47.0 Å². The number of rotatable bonds is 12. The van der Waals surface area contributed by atoms with Crippen molar-refractivity contribution in [2.45, 2.75) is 75.5 Å². The van der Waals surface area contributed by atoms with Gasteiger partial charge in [-0.1, -0.05) is 95.9 Å². The van der Waals surface area contributed by atoms with Gasteiger partial charge in [-0.05, 0) is 99.9 Å². The van der Waals surface area contributed by atoms with Crippen LogP contribution in [0.2, 0.25) is 0 Å². The Morgan fingerprint density at radius 1 is 0.299 bits per heavy atom. The summed E-state index contributed by atoms with van der Waals surface area (Å²) >= 11 is 6.58. The van der Waals surface area contributed by atoms with Gasteiger partial charge >= 0.3 is 46.6 Å². The molecule has 4 amide bonds. The fourth-order valence-corrected chi connectivity index (χ4v) is 18.1. The molecule has 8 aromatic rings. The first-order valence-corrected chi connectivity index (χ1v) is 42.6. The van der Waals surface area contributed by atoms with Crippen molar-refractivity contribution in [1.29, 1.82) is 0 Å². The molecule has 0 atom stereocenters. The second kappa shape index (κ2) is 43.9. The second-order valence-electron chi connectivity index (χ2n) is 28.2. The predicted molar refractivity (Wildman–Crippen MR) is 450 cm³/mol. The Kier molecular flexibility index (Phi) is 33.2. The first kappa shape index (κ1) is 88.5. The summed E-state index contributed by atoms with van der Waals surface area (Å²) in [7, 11) is 0. The third-order valence-corrected chi connectivity index (χ3v) is 24.4. The van der Waals surface area contributed by atoms with Crippen molar-refractivity contribution in [1.82, 2.24) is 77.4 Å². The zero-order valence-electron chi connectivity index (χ0n) is 64.4. The monoisotopic (exact) mass is 1680 g/mol. The van der Waals surface area contributed by atoms with E-state index in [1.807, 2.05) is 115 Å². The van der Waals surface area contributed by atoms with Crippen molar-refractivity contribution >= 4 is 139 Å². The van der Waals surface area contributed by atoms with Gasteiger partial charge in [0.15, 0.2) is 0 Å². The van der Waals surface area contributed by atoms with E-state index in [1.54, 1.807) is 66.6 Å². The Hall–Kier alpha value is -10.8. The minimum absolute atomic E-state index is 0. The number of aliphatic carboxylic acids is 4. The Balaban J connectivity index is 0.000000156. The minimum Gasteiger partial charge on any atom is -0.473 e. The molecule has 117 heavy (non-hydrogen) atoms. The number of aromatic nitrogens is 8. The van der Waals surface area contributed by atoms with Gasteiger partial charge in [0.25, 0.3) is 0 Å². The lowest BCUT2D eigenvalue weighted by molar-refractivity contribution is -0.159. The average molecular weight is 1680 g/mol. The van der Waals surface area contributed by atoms with E-state index >= 15 is 0 Å². The SMILES string of the molecule is O.O=C(O)C(=O)O.O=C(O)C(=O)O.O=C1CSCN1CC#CCN1CCC(n2c(=O)[nH]c3ccccc32)CC1.O=C1CSCN1CC#CCN1CCC(n2c(=O)[nH]c3ccccc32)CC1.O=C1CSCN1CC#CCN1CCC(n2c(=O)[nH]c3ccccc32)CC1.O=C1CSCN1CC#CCN1CCC(n2c(=O)[nH]c3ccccc32)CC1. The first-order chi connectivity index (χ1) is 56.2. The standard InChI is InChI=1S/4C19H22N4O2S.2C2H2O4.H2O/c4*24-18-13-26-14-22(18)10-4-3-9-21-11-7-15(8-12-21)23-17-6-2-1-5-16(17)20-19(23)25;2*3-1(4)2(5)6;/h4*1-2,5-6,15H,7-14H2,(H,20,25);2*(H,3,4)(H,5,6);1H2. The van der Waals surface area contributed by atoms with E-state index < -0.39 is 23.9 Å². The fourth-order valence-electron chi connectivity index (χ4n) is 14.5. The number of nitrogens with one attached hydrogen (secondary N) is 4. The molecule has 37 heteroatoms. The molecular formula is C80H94N16O17S4. The van der Waals surface area contributed by atoms with Gasteiger partial charge in [-0.3, -0.25) is 57.0 Å². The Morgan fingerprint density at radius 3 is 0.650 bits per heavy atom. The molecule has 620 valence electrons. The number of H-pyrrole nitrogens is 4. The number of piperidine rings is 4. The number of likely N-dealkylation sites (tertiary alicyclic amines) is 4. The van der Waals surface area contributed by atoms with E-state index in [-0.39, 0.29) is 76.0 Å². The van der Waals surface area contributed by atoms with Gasteiger partial charge < -0.3 is 65.4 Å². The van der Waals surface area contributed by atoms with Crippen molar-refractivity contribution < 1.29 is 64.3 Å². The summed E-state index contributed by atoms with van der Waals surface area (Å²) in [5.41, 5.74) is 7.51. The number of thioether (sulfide) groups is 4. The van der Waals surface area contributed by atoms with Crippen LogP contribution in [-0.2, 0) is 38.4 Å². The molecule has 8 fully saturated rings.